The zero-order valence-corrected chi connectivity index (χ0v) is 10.4. The molecule has 0 radical (unpaired) electrons. The minimum atomic E-state index is 0.571. The lowest BCUT2D eigenvalue weighted by molar-refractivity contribution is 0.382. The first-order valence-corrected chi connectivity index (χ1v) is 6.31. The fourth-order valence-electron chi connectivity index (χ4n) is 1.46. The molecule has 0 aliphatic rings. The van der Waals surface area contributed by atoms with Crippen LogP contribution in [0.15, 0.2) is 16.8 Å². The molecule has 1 heterocycles. The van der Waals surface area contributed by atoms with E-state index in [2.05, 4.69) is 49.8 Å². The van der Waals surface area contributed by atoms with Gasteiger partial charge < -0.3 is 5.32 Å². The van der Waals surface area contributed by atoms with Gasteiger partial charge >= 0.3 is 0 Å². The van der Waals surface area contributed by atoms with Crippen LogP contribution in [0.25, 0.3) is 0 Å². The summed E-state index contributed by atoms with van der Waals surface area (Å²) in [5.74, 6) is 0.708. The van der Waals surface area contributed by atoms with Gasteiger partial charge in [0.25, 0.3) is 0 Å². The Labute approximate surface area is 91.5 Å². The molecule has 0 fully saturated rings. The lowest BCUT2D eigenvalue weighted by Gasteiger charge is -2.22. The fraction of sp³-hybridized carbons (Fsp3) is 0.667. The van der Waals surface area contributed by atoms with Crippen LogP contribution in [-0.2, 0) is 6.42 Å². The van der Waals surface area contributed by atoms with E-state index < -0.39 is 0 Å². The highest BCUT2D eigenvalue weighted by molar-refractivity contribution is 7.07. The number of hydrogen-bond donors (Lipinski definition) is 1. The van der Waals surface area contributed by atoms with Crippen molar-refractivity contribution in [3.8, 4) is 0 Å². The summed E-state index contributed by atoms with van der Waals surface area (Å²) in [6.07, 6.45) is 1.14. The maximum absolute atomic E-state index is 3.62. The van der Waals surface area contributed by atoms with Gasteiger partial charge in [-0.2, -0.15) is 11.3 Å². The van der Waals surface area contributed by atoms with Gasteiger partial charge in [0, 0.05) is 12.1 Å². The molecule has 2 heteroatoms. The van der Waals surface area contributed by atoms with E-state index >= 15 is 0 Å². The highest BCUT2D eigenvalue weighted by Gasteiger charge is 2.10. The van der Waals surface area contributed by atoms with Crippen LogP contribution < -0.4 is 5.32 Å². The van der Waals surface area contributed by atoms with Crippen molar-refractivity contribution in [3.05, 3.63) is 22.4 Å². The standard InChI is InChI=1S/C12H21NS/c1-9(2)11(4)13-10(3)7-12-5-6-14-8-12/h5-6,8-11,13H,7H2,1-4H3. The zero-order valence-electron chi connectivity index (χ0n) is 9.58. The summed E-state index contributed by atoms with van der Waals surface area (Å²) < 4.78 is 0. The average Bonchev–Trinajstić information content (AvgIpc) is 2.56. The summed E-state index contributed by atoms with van der Waals surface area (Å²) in [5, 5.41) is 8.00. The Morgan fingerprint density at radius 2 is 2.00 bits per heavy atom. The molecule has 2 atom stereocenters. The first-order valence-electron chi connectivity index (χ1n) is 5.36. The van der Waals surface area contributed by atoms with E-state index in [-0.39, 0.29) is 0 Å². The Morgan fingerprint density at radius 3 is 2.50 bits per heavy atom. The van der Waals surface area contributed by atoms with Crippen molar-refractivity contribution in [3.63, 3.8) is 0 Å². The van der Waals surface area contributed by atoms with Crippen molar-refractivity contribution in [1.82, 2.24) is 5.32 Å². The summed E-state index contributed by atoms with van der Waals surface area (Å²) in [4.78, 5) is 0. The molecule has 1 aromatic heterocycles. The quantitative estimate of drug-likeness (QED) is 0.788. The largest absolute Gasteiger partial charge is 0.311 e. The van der Waals surface area contributed by atoms with Crippen LogP contribution in [-0.4, -0.2) is 12.1 Å². The van der Waals surface area contributed by atoms with E-state index in [4.69, 9.17) is 0 Å². The molecule has 0 aliphatic carbocycles. The van der Waals surface area contributed by atoms with E-state index in [9.17, 15) is 0 Å². The second-order valence-electron chi connectivity index (χ2n) is 4.44. The van der Waals surface area contributed by atoms with Gasteiger partial charge in [-0.1, -0.05) is 13.8 Å². The molecule has 0 aromatic carbocycles. The zero-order chi connectivity index (χ0) is 10.6. The molecule has 1 rings (SSSR count). The molecule has 0 aliphatic heterocycles. The van der Waals surface area contributed by atoms with Crippen molar-refractivity contribution in [2.75, 3.05) is 0 Å². The molecule has 0 amide bonds. The van der Waals surface area contributed by atoms with Gasteiger partial charge in [-0.3, -0.25) is 0 Å². The Bertz CT molecular complexity index is 241. The molecule has 1 nitrogen and oxygen atoms in total. The third kappa shape index (κ3) is 3.81. The highest BCUT2D eigenvalue weighted by atomic mass is 32.1. The monoisotopic (exact) mass is 211 g/mol. The van der Waals surface area contributed by atoms with Crippen LogP contribution >= 0.6 is 11.3 Å². The SMILES string of the molecule is CC(Cc1ccsc1)NC(C)C(C)C. The topological polar surface area (TPSA) is 12.0 Å². The van der Waals surface area contributed by atoms with Crippen molar-refractivity contribution in [2.24, 2.45) is 5.92 Å². The Morgan fingerprint density at radius 1 is 1.29 bits per heavy atom. The normalized spacial score (nSPS) is 15.8. The second-order valence-corrected chi connectivity index (χ2v) is 5.22. The first kappa shape index (κ1) is 11.7. The van der Waals surface area contributed by atoms with Gasteiger partial charge in [-0.25, -0.2) is 0 Å². The molecule has 14 heavy (non-hydrogen) atoms. The number of thiophene rings is 1. The van der Waals surface area contributed by atoms with E-state index in [1.165, 1.54) is 5.56 Å². The second kappa shape index (κ2) is 5.52. The molecular weight excluding hydrogens is 190 g/mol. The van der Waals surface area contributed by atoms with Crippen LogP contribution in [0.3, 0.4) is 0 Å². The molecule has 0 saturated carbocycles. The van der Waals surface area contributed by atoms with Crippen LogP contribution in [0.4, 0.5) is 0 Å². The molecule has 2 unspecified atom stereocenters. The fourth-order valence-corrected chi connectivity index (χ4v) is 2.14. The van der Waals surface area contributed by atoms with Crippen LogP contribution in [0.2, 0.25) is 0 Å². The van der Waals surface area contributed by atoms with E-state index in [0.717, 1.165) is 6.42 Å². The third-order valence-corrected chi connectivity index (χ3v) is 3.40. The third-order valence-electron chi connectivity index (χ3n) is 2.67. The smallest absolute Gasteiger partial charge is 0.00820 e. The average molecular weight is 211 g/mol. The molecule has 0 bridgehead atoms. The van der Waals surface area contributed by atoms with Gasteiger partial charge in [0.1, 0.15) is 0 Å². The minimum absolute atomic E-state index is 0.571. The van der Waals surface area contributed by atoms with Crippen molar-refractivity contribution >= 4 is 11.3 Å². The number of hydrogen-bond acceptors (Lipinski definition) is 2. The lowest BCUT2D eigenvalue weighted by Crippen LogP contribution is -2.38. The molecule has 1 N–H and O–H groups in total. The van der Waals surface area contributed by atoms with Gasteiger partial charge in [0.05, 0.1) is 0 Å². The molecule has 80 valence electrons. The van der Waals surface area contributed by atoms with E-state index in [0.29, 0.717) is 18.0 Å². The Kier molecular flexibility index (Phi) is 4.63. The lowest BCUT2D eigenvalue weighted by atomic mass is 10.0. The summed E-state index contributed by atoms with van der Waals surface area (Å²) in [6.45, 7) is 9.04. The molecule has 0 spiro atoms. The van der Waals surface area contributed by atoms with Crippen LogP contribution in [0.5, 0.6) is 0 Å². The van der Waals surface area contributed by atoms with Crippen molar-refractivity contribution < 1.29 is 0 Å². The van der Waals surface area contributed by atoms with E-state index in [1.54, 1.807) is 11.3 Å². The molecule has 1 aromatic rings. The van der Waals surface area contributed by atoms with Crippen LogP contribution in [0, 0.1) is 5.92 Å². The van der Waals surface area contributed by atoms with Gasteiger partial charge in [0.15, 0.2) is 0 Å². The predicted molar refractivity (Wildman–Crippen MR) is 64.9 cm³/mol. The summed E-state index contributed by atoms with van der Waals surface area (Å²) in [5.41, 5.74) is 1.45. The Hall–Kier alpha value is -0.340. The van der Waals surface area contributed by atoms with E-state index in [1.807, 2.05) is 0 Å². The highest BCUT2D eigenvalue weighted by Crippen LogP contribution is 2.10. The first-order chi connectivity index (χ1) is 6.59. The maximum atomic E-state index is 3.62. The van der Waals surface area contributed by atoms with Crippen molar-refractivity contribution in [1.29, 1.82) is 0 Å². The van der Waals surface area contributed by atoms with Gasteiger partial charge in [0.2, 0.25) is 0 Å². The molecule has 0 saturated heterocycles. The molecular formula is C12H21NS. The summed E-state index contributed by atoms with van der Waals surface area (Å²) in [7, 11) is 0. The summed E-state index contributed by atoms with van der Waals surface area (Å²) >= 11 is 1.78. The number of nitrogens with one attached hydrogen (secondary N) is 1. The minimum Gasteiger partial charge on any atom is -0.311 e. The van der Waals surface area contributed by atoms with Gasteiger partial charge in [-0.05, 0) is 48.6 Å². The number of rotatable bonds is 5. The summed E-state index contributed by atoms with van der Waals surface area (Å²) in [6, 6.07) is 3.38. The van der Waals surface area contributed by atoms with Crippen LogP contribution in [0.1, 0.15) is 33.3 Å². The Balaban J connectivity index is 2.32. The van der Waals surface area contributed by atoms with Gasteiger partial charge in [-0.15, -0.1) is 0 Å². The van der Waals surface area contributed by atoms with Crippen molar-refractivity contribution in [2.45, 2.75) is 46.2 Å². The predicted octanol–water partition coefficient (Wildman–Crippen LogP) is 3.31. The maximum Gasteiger partial charge on any atom is 0.00820 e.